The minimum Gasteiger partial charge on any atom is -0.506 e. The van der Waals surface area contributed by atoms with Crippen LogP contribution in [-0.4, -0.2) is 30.1 Å². The van der Waals surface area contributed by atoms with Crippen LogP contribution in [0, 0.1) is 6.92 Å². The van der Waals surface area contributed by atoms with Crippen molar-refractivity contribution in [3.05, 3.63) is 47.8 Å². The molecule has 0 radical (unpaired) electrons. The molecule has 1 amide bonds. The Morgan fingerprint density at radius 1 is 1.30 bits per heavy atom. The second-order valence-corrected chi connectivity index (χ2v) is 4.72. The third kappa shape index (κ3) is 2.88. The molecule has 0 aliphatic rings. The molecule has 5 heteroatoms. The first-order valence-electron chi connectivity index (χ1n) is 6.22. The van der Waals surface area contributed by atoms with Gasteiger partial charge in [-0.2, -0.15) is 0 Å². The van der Waals surface area contributed by atoms with Gasteiger partial charge in [0.1, 0.15) is 11.4 Å². The molecule has 2 N–H and O–H groups in total. The van der Waals surface area contributed by atoms with Gasteiger partial charge in [0.2, 0.25) is 0 Å². The average molecular weight is 271 g/mol. The fraction of sp³-hybridized carbons (Fsp3) is 0.200. The van der Waals surface area contributed by atoms with Crippen molar-refractivity contribution >= 4 is 17.3 Å². The number of rotatable bonds is 3. The van der Waals surface area contributed by atoms with Gasteiger partial charge >= 0.3 is 0 Å². The van der Waals surface area contributed by atoms with Crippen LogP contribution in [0.15, 0.2) is 36.5 Å². The van der Waals surface area contributed by atoms with Crippen molar-refractivity contribution in [2.24, 2.45) is 0 Å². The van der Waals surface area contributed by atoms with E-state index in [9.17, 15) is 9.90 Å². The van der Waals surface area contributed by atoms with Crippen LogP contribution < -0.4 is 10.2 Å². The highest BCUT2D eigenvalue weighted by molar-refractivity contribution is 6.04. The van der Waals surface area contributed by atoms with Crippen LogP contribution in [0.25, 0.3) is 0 Å². The van der Waals surface area contributed by atoms with E-state index in [2.05, 4.69) is 10.3 Å². The predicted molar refractivity (Wildman–Crippen MR) is 79.4 cm³/mol. The summed E-state index contributed by atoms with van der Waals surface area (Å²) >= 11 is 0. The number of aromatic hydroxyl groups is 1. The molecule has 0 aliphatic carbocycles. The number of pyridine rings is 1. The van der Waals surface area contributed by atoms with Crippen LogP contribution >= 0.6 is 0 Å². The largest absolute Gasteiger partial charge is 0.506 e. The zero-order valence-electron chi connectivity index (χ0n) is 11.7. The quantitative estimate of drug-likeness (QED) is 0.841. The SMILES string of the molecule is Cc1cccc(O)c1NC(=O)c1cc(N(C)C)ccn1. The van der Waals surface area contributed by atoms with Crippen molar-refractivity contribution < 1.29 is 9.90 Å². The first-order valence-corrected chi connectivity index (χ1v) is 6.22. The predicted octanol–water partition coefficient (Wildman–Crippen LogP) is 2.41. The van der Waals surface area contributed by atoms with Gasteiger partial charge in [-0.3, -0.25) is 9.78 Å². The summed E-state index contributed by atoms with van der Waals surface area (Å²) in [6.07, 6.45) is 1.59. The highest BCUT2D eigenvalue weighted by Crippen LogP contribution is 2.27. The number of hydrogen-bond acceptors (Lipinski definition) is 4. The maximum absolute atomic E-state index is 12.2. The van der Waals surface area contributed by atoms with E-state index in [1.807, 2.05) is 38.1 Å². The number of para-hydroxylation sites is 1. The van der Waals surface area contributed by atoms with Crippen LogP contribution in [0.5, 0.6) is 5.75 Å². The molecule has 1 aromatic carbocycles. The van der Waals surface area contributed by atoms with Gasteiger partial charge in [-0.15, -0.1) is 0 Å². The van der Waals surface area contributed by atoms with Crippen molar-refractivity contribution in [1.82, 2.24) is 4.98 Å². The number of nitrogens with one attached hydrogen (secondary N) is 1. The fourth-order valence-corrected chi connectivity index (χ4v) is 1.81. The molecule has 0 spiro atoms. The van der Waals surface area contributed by atoms with E-state index in [1.165, 1.54) is 6.07 Å². The van der Waals surface area contributed by atoms with Gasteiger partial charge in [0.25, 0.3) is 5.91 Å². The summed E-state index contributed by atoms with van der Waals surface area (Å²) in [7, 11) is 3.79. The second kappa shape index (κ2) is 5.61. The van der Waals surface area contributed by atoms with Crippen LogP contribution in [0.2, 0.25) is 0 Å². The Balaban J connectivity index is 2.26. The summed E-state index contributed by atoms with van der Waals surface area (Å²) in [6, 6.07) is 8.60. The van der Waals surface area contributed by atoms with E-state index in [0.29, 0.717) is 11.4 Å². The molecule has 0 saturated heterocycles. The molecule has 1 aromatic heterocycles. The zero-order valence-corrected chi connectivity index (χ0v) is 11.7. The highest BCUT2D eigenvalue weighted by atomic mass is 16.3. The number of phenolic OH excluding ortho intramolecular Hbond substituents is 1. The number of aryl methyl sites for hydroxylation is 1. The van der Waals surface area contributed by atoms with E-state index >= 15 is 0 Å². The van der Waals surface area contributed by atoms with Crippen molar-refractivity contribution in [2.45, 2.75) is 6.92 Å². The lowest BCUT2D eigenvalue weighted by Gasteiger charge is -2.13. The van der Waals surface area contributed by atoms with Crippen LogP contribution in [0.4, 0.5) is 11.4 Å². The number of carbonyl (C=O) groups is 1. The molecular weight excluding hydrogens is 254 g/mol. The number of phenols is 1. The second-order valence-electron chi connectivity index (χ2n) is 4.72. The highest BCUT2D eigenvalue weighted by Gasteiger charge is 2.12. The first kappa shape index (κ1) is 13.9. The van der Waals surface area contributed by atoms with Crippen molar-refractivity contribution in [2.75, 3.05) is 24.3 Å². The summed E-state index contributed by atoms with van der Waals surface area (Å²) in [4.78, 5) is 18.1. The normalized spacial score (nSPS) is 10.2. The number of carbonyl (C=O) groups excluding carboxylic acids is 1. The molecule has 5 nitrogen and oxygen atoms in total. The van der Waals surface area contributed by atoms with E-state index in [-0.39, 0.29) is 11.7 Å². The summed E-state index contributed by atoms with van der Waals surface area (Å²) in [5, 5.41) is 12.5. The third-order valence-corrected chi connectivity index (χ3v) is 2.98. The topological polar surface area (TPSA) is 65.5 Å². The van der Waals surface area contributed by atoms with Gasteiger partial charge in [-0.25, -0.2) is 0 Å². The molecule has 0 atom stereocenters. The molecule has 1 heterocycles. The van der Waals surface area contributed by atoms with Gasteiger partial charge in [-0.1, -0.05) is 12.1 Å². The third-order valence-electron chi connectivity index (χ3n) is 2.98. The lowest BCUT2D eigenvalue weighted by molar-refractivity contribution is 0.102. The molecule has 0 fully saturated rings. The minimum absolute atomic E-state index is 0.0436. The van der Waals surface area contributed by atoms with E-state index in [1.54, 1.807) is 18.3 Å². The van der Waals surface area contributed by atoms with Crippen LogP contribution in [0.1, 0.15) is 16.1 Å². The van der Waals surface area contributed by atoms with E-state index < -0.39 is 0 Å². The van der Waals surface area contributed by atoms with E-state index in [4.69, 9.17) is 0 Å². The van der Waals surface area contributed by atoms with Gasteiger partial charge in [0.15, 0.2) is 0 Å². The summed E-state index contributed by atoms with van der Waals surface area (Å²) in [5.41, 5.74) is 2.40. The standard InChI is InChI=1S/C15H17N3O2/c1-10-5-4-6-13(19)14(10)17-15(20)12-9-11(18(2)3)7-8-16-12/h4-9,19H,1-3H3,(H,17,20). The monoisotopic (exact) mass is 271 g/mol. The zero-order chi connectivity index (χ0) is 14.7. The Morgan fingerprint density at radius 2 is 2.05 bits per heavy atom. The number of nitrogens with zero attached hydrogens (tertiary/aromatic N) is 2. The number of anilines is 2. The molecule has 0 unspecified atom stereocenters. The molecule has 20 heavy (non-hydrogen) atoms. The van der Waals surface area contributed by atoms with Crippen molar-refractivity contribution in [1.29, 1.82) is 0 Å². The Kier molecular flexibility index (Phi) is 3.89. The van der Waals surface area contributed by atoms with Gasteiger partial charge < -0.3 is 15.3 Å². The summed E-state index contributed by atoms with van der Waals surface area (Å²) in [5.74, 6) is -0.305. The first-order chi connectivity index (χ1) is 9.49. The molecule has 0 aliphatic heterocycles. The Bertz CT molecular complexity index is 619. The fourth-order valence-electron chi connectivity index (χ4n) is 1.81. The van der Waals surface area contributed by atoms with Crippen LogP contribution in [-0.2, 0) is 0 Å². The Labute approximate surface area is 117 Å². The molecular formula is C15H17N3O2. The molecule has 2 aromatic rings. The molecule has 104 valence electrons. The summed E-state index contributed by atoms with van der Waals surface area (Å²) < 4.78 is 0. The smallest absolute Gasteiger partial charge is 0.274 e. The lowest BCUT2D eigenvalue weighted by atomic mass is 10.2. The summed E-state index contributed by atoms with van der Waals surface area (Å²) in [6.45, 7) is 1.82. The molecule has 0 bridgehead atoms. The number of amides is 1. The number of benzene rings is 1. The minimum atomic E-state index is -0.349. The Morgan fingerprint density at radius 3 is 2.70 bits per heavy atom. The lowest BCUT2D eigenvalue weighted by Crippen LogP contribution is -2.16. The maximum Gasteiger partial charge on any atom is 0.274 e. The number of hydrogen-bond donors (Lipinski definition) is 2. The number of aromatic nitrogens is 1. The Hall–Kier alpha value is -2.56. The maximum atomic E-state index is 12.2. The van der Waals surface area contributed by atoms with Crippen molar-refractivity contribution in [3.63, 3.8) is 0 Å². The van der Waals surface area contributed by atoms with E-state index in [0.717, 1.165) is 11.3 Å². The van der Waals surface area contributed by atoms with Gasteiger partial charge in [0, 0.05) is 26.0 Å². The van der Waals surface area contributed by atoms with Gasteiger partial charge in [-0.05, 0) is 30.7 Å². The average Bonchev–Trinajstić information content (AvgIpc) is 2.43. The molecule has 0 saturated carbocycles. The van der Waals surface area contributed by atoms with Crippen molar-refractivity contribution in [3.8, 4) is 5.75 Å². The van der Waals surface area contributed by atoms with Gasteiger partial charge in [0.05, 0.1) is 5.69 Å². The van der Waals surface area contributed by atoms with Crippen LogP contribution in [0.3, 0.4) is 0 Å². The molecule has 2 rings (SSSR count).